The van der Waals surface area contributed by atoms with E-state index >= 15 is 0 Å². The van der Waals surface area contributed by atoms with E-state index in [1.807, 2.05) is 12.1 Å². The van der Waals surface area contributed by atoms with E-state index in [1.54, 1.807) is 0 Å². The van der Waals surface area contributed by atoms with Crippen LogP contribution in [0.5, 0.6) is 0 Å². The van der Waals surface area contributed by atoms with Crippen molar-refractivity contribution in [2.45, 2.75) is 31.2 Å². The molecule has 1 aromatic carbocycles. The van der Waals surface area contributed by atoms with Crippen LogP contribution in [-0.2, 0) is 11.3 Å². The molecule has 0 saturated carbocycles. The maximum absolute atomic E-state index is 5.97. The van der Waals surface area contributed by atoms with Crippen LogP contribution in [0.2, 0.25) is 6.04 Å². The quantitative estimate of drug-likeness (QED) is 0.398. The Hall–Kier alpha value is 0.597. The number of alkyl halides is 1. The molecule has 0 amide bonds. The average Bonchev–Trinajstić information content (AvgIpc) is 2.14. The van der Waals surface area contributed by atoms with Gasteiger partial charge in [0.25, 0.3) is 0 Å². The Balaban J connectivity index is 2.89. The second kappa shape index (κ2) is 5.49. The monoisotopic (exact) mass is 314 g/mol. The summed E-state index contributed by atoms with van der Waals surface area (Å²) in [5.41, 5.74) is 2.18. The van der Waals surface area contributed by atoms with E-state index in [9.17, 15) is 0 Å². The van der Waals surface area contributed by atoms with Crippen molar-refractivity contribution in [3.63, 3.8) is 0 Å². The fourth-order valence-electron chi connectivity index (χ4n) is 1.65. The molecule has 0 heterocycles. The summed E-state index contributed by atoms with van der Waals surface area (Å²) in [6, 6.07) is 6.16. The molecule has 0 radical (unpaired) electrons. The van der Waals surface area contributed by atoms with Crippen LogP contribution in [0.4, 0.5) is 0 Å². The van der Waals surface area contributed by atoms with Gasteiger partial charge in [0, 0.05) is 5.88 Å². The maximum atomic E-state index is 5.97. The summed E-state index contributed by atoms with van der Waals surface area (Å²) < 4.78 is 0. The fraction of sp³-hybridized carbons (Fsp3) is 0.455. The van der Waals surface area contributed by atoms with E-state index in [0.29, 0.717) is 11.9 Å². The van der Waals surface area contributed by atoms with Crippen molar-refractivity contribution in [3.05, 3.63) is 35.4 Å². The molecule has 0 saturated heterocycles. The Kier molecular flexibility index (Phi) is 5.03. The van der Waals surface area contributed by atoms with Gasteiger partial charge in [-0.2, -0.15) is 0 Å². The molecule has 90 valence electrons. The normalized spacial score (nSPS) is 12.9. The molecule has 0 unspecified atom stereocenters. The van der Waals surface area contributed by atoms with Crippen LogP contribution in [-0.4, -0.2) is 6.00 Å². The van der Waals surface area contributed by atoms with Crippen LogP contribution in [0.25, 0.3) is 0 Å². The van der Waals surface area contributed by atoms with E-state index < -0.39 is 6.00 Å². The molecule has 5 heteroatoms. The first-order chi connectivity index (χ1) is 7.24. The van der Waals surface area contributed by atoms with Crippen LogP contribution in [0.3, 0.4) is 0 Å². The molecular formula is C11H14Cl4Si. The third-order valence-electron chi connectivity index (χ3n) is 2.53. The Morgan fingerprint density at radius 1 is 1.06 bits per heavy atom. The minimum absolute atomic E-state index is 0.109. The van der Waals surface area contributed by atoms with E-state index in [0.717, 1.165) is 5.56 Å². The predicted octanol–water partition coefficient (Wildman–Crippen LogP) is 5.36. The summed E-state index contributed by atoms with van der Waals surface area (Å²) in [5.74, 6) is 0.528. The van der Waals surface area contributed by atoms with Crippen molar-refractivity contribution in [2.75, 3.05) is 0 Å². The first-order valence-corrected chi connectivity index (χ1v) is 10.7. The van der Waals surface area contributed by atoms with Gasteiger partial charge < -0.3 is 0 Å². The first-order valence-electron chi connectivity index (χ1n) is 4.97. The second-order valence-corrected chi connectivity index (χ2v) is 13.9. The van der Waals surface area contributed by atoms with E-state index in [4.69, 9.17) is 44.8 Å². The van der Waals surface area contributed by atoms with Gasteiger partial charge in [0.1, 0.15) is 0 Å². The molecular weight excluding hydrogens is 302 g/mol. The molecule has 0 aromatic heterocycles. The van der Waals surface area contributed by atoms with Crippen molar-refractivity contribution < 1.29 is 0 Å². The molecule has 0 atom stereocenters. The van der Waals surface area contributed by atoms with Crippen molar-refractivity contribution in [1.29, 1.82) is 0 Å². The minimum Gasteiger partial charge on any atom is -0.126 e. The molecule has 0 spiro atoms. The number of hydrogen-bond donors (Lipinski definition) is 0. The molecule has 16 heavy (non-hydrogen) atoms. The molecule has 0 fully saturated rings. The summed E-state index contributed by atoms with van der Waals surface area (Å²) in [5, 5.41) is 0. The highest BCUT2D eigenvalue weighted by molar-refractivity contribution is 7.64. The third-order valence-corrected chi connectivity index (χ3v) is 5.33. The standard InChI is InChI=1S/C11H14Cl4Si/c1-11(2,8-16(13,14)15)10-5-3-9(7-12)4-6-10/h3-6H,7-8H2,1-2H3. The van der Waals surface area contributed by atoms with Crippen LogP contribution in [0.15, 0.2) is 24.3 Å². The summed E-state index contributed by atoms with van der Waals surface area (Å²) in [6.07, 6.45) is 0. The Morgan fingerprint density at radius 3 is 1.94 bits per heavy atom. The molecule has 0 nitrogen and oxygen atoms in total. The highest BCUT2D eigenvalue weighted by Crippen LogP contribution is 2.38. The van der Waals surface area contributed by atoms with Gasteiger partial charge in [0.15, 0.2) is 0 Å². The van der Waals surface area contributed by atoms with Gasteiger partial charge in [0.05, 0.1) is 0 Å². The molecule has 0 aliphatic carbocycles. The van der Waals surface area contributed by atoms with Crippen molar-refractivity contribution >= 4 is 50.8 Å². The van der Waals surface area contributed by atoms with Gasteiger partial charge in [0.2, 0.25) is 0 Å². The summed E-state index contributed by atoms with van der Waals surface area (Å²) in [7, 11) is 0. The number of rotatable bonds is 4. The average molecular weight is 316 g/mol. The van der Waals surface area contributed by atoms with Crippen molar-refractivity contribution in [1.82, 2.24) is 0 Å². The van der Waals surface area contributed by atoms with Crippen LogP contribution in [0.1, 0.15) is 25.0 Å². The zero-order valence-corrected chi connectivity index (χ0v) is 13.3. The van der Waals surface area contributed by atoms with Crippen LogP contribution < -0.4 is 0 Å². The lowest BCUT2D eigenvalue weighted by atomic mass is 9.86. The minimum atomic E-state index is -2.61. The second-order valence-electron chi connectivity index (χ2n) is 4.51. The molecule has 1 rings (SSSR count). The number of hydrogen-bond acceptors (Lipinski definition) is 0. The zero-order chi connectivity index (χ0) is 12.4. The zero-order valence-electron chi connectivity index (χ0n) is 9.24. The SMILES string of the molecule is CC(C)(C[Si](Cl)(Cl)Cl)c1ccc(CCl)cc1. The maximum Gasteiger partial charge on any atom is 0.342 e. The smallest absolute Gasteiger partial charge is 0.126 e. The molecule has 0 N–H and O–H groups in total. The van der Waals surface area contributed by atoms with Gasteiger partial charge in [-0.1, -0.05) is 38.1 Å². The highest BCUT2D eigenvalue weighted by atomic mass is 35.8. The van der Waals surface area contributed by atoms with Crippen LogP contribution >= 0.6 is 44.8 Å². The fourth-order valence-corrected chi connectivity index (χ4v) is 6.04. The number of benzene rings is 1. The van der Waals surface area contributed by atoms with Gasteiger partial charge in [-0.3, -0.25) is 0 Å². The van der Waals surface area contributed by atoms with Gasteiger partial charge in [-0.25, -0.2) is 0 Å². The predicted molar refractivity (Wildman–Crippen MR) is 77.1 cm³/mol. The Labute approximate surface area is 117 Å². The molecule has 1 aromatic rings. The molecule has 0 aliphatic rings. The van der Waals surface area contributed by atoms with Gasteiger partial charge in [-0.15, -0.1) is 44.8 Å². The number of halogens is 4. The van der Waals surface area contributed by atoms with E-state index in [-0.39, 0.29) is 5.41 Å². The van der Waals surface area contributed by atoms with Gasteiger partial charge in [-0.05, 0) is 22.6 Å². The highest BCUT2D eigenvalue weighted by Gasteiger charge is 2.35. The summed E-state index contributed by atoms with van der Waals surface area (Å²) >= 11 is 23.7. The Morgan fingerprint density at radius 2 is 1.56 bits per heavy atom. The van der Waals surface area contributed by atoms with Crippen LogP contribution in [0, 0.1) is 0 Å². The largest absolute Gasteiger partial charge is 0.342 e. The molecule has 0 bridgehead atoms. The van der Waals surface area contributed by atoms with Crippen molar-refractivity contribution in [2.24, 2.45) is 0 Å². The summed E-state index contributed by atoms with van der Waals surface area (Å²) in [6.45, 7) is 4.19. The van der Waals surface area contributed by atoms with E-state index in [1.165, 1.54) is 5.56 Å². The lowest BCUT2D eigenvalue weighted by Crippen LogP contribution is -2.26. The first kappa shape index (κ1) is 14.7. The topological polar surface area (TPSA) is 0 Å². The van der Waals surface area contributed by atoms with Crippen molar-refractivity contribution in [3.8, 4) is 0 Å². The third kappa shape index (κ3) is 4.46. The molecule has 0 aliphatic heterocycles. The van der Waals surface area contributed by atoms with Gasteiger partial charge >= 0.3 is 6.00 Å². The lowest BCUT2D eigenvalue weighted by molar-refractivity contribution is 0.586. The lowest BCUT2D eigenvalue weighted by Gasteiger charge is -2.28. The van der Waals surface area contributed by atoms with E-state index in [2.05, 4.69) is 26.0 Å². The Bertz CT molecular complexity index is 340. The summed E-state index contributed by atoms with van der Waals surface area (Å²) in [4.78, 5) is 0.